The van der Waals surface area contributed by atoms with Gasteiger partial charge in [-0.3, -0.25) is 9.59 Å². The van der Waals surface area contributed by atoms with Crippen molar-refractivity contribution < 1.29 is 9.59 Å². The number of hydrogen-bond donors (Lipinski definition) is 1. The number of piperazine rings is 1. The van der Waals surface area contributed by atoms with Gasteiger partial charge >= 0.3 is 0 Å². The van der Waals surface area contributed by atoms with Crippen LogP contribution in [0.4, 0.5) is 5.69 Å². The van der Waals surface area contributed by atoms with Crippen molar-refractivity contribution in [1.29, 1.82) is 0 Å². The second-order valence-electron chi connectivity index (χ2n) is 8.52. The highest BCUT2D eigenvalue weighted by atomic mass is 16.2. The number of hydrogen-bond acceptors (Lipinski definition) is 4. The monoisotopic (exact) mass is 444 g/mol. The second kappa shape index (κ2) is 10.9. The summed E-state index contributed by atoms with van der Waals surface area (Å²) in [6.45, 7) is 5.65. The minimum absolute atomic E-state index is 0.0792. The number of aromatic nitrogens is 1. The molecule has 2 amide bonds. The van der Waals surface area contributed by atoms with Gasteiger partial charge in [-0.05, 0) is 35.4 Å². The van der Waals surface area contributed by atoms with Crippen molar-refractivity contribution in [1.82, 2.24) is 15.2 Å². The number of unbranched alkanes of at least 4 members (excludes halogenated alkanes) is 3. The van der Waals surface area contributed by atoms with Crippen LogP contribution in [0.1, 0.15) is 53.5 Å². The standard InChI is InChI=1S/C27H32N4O2/c1-2-3-4-7-15-28-26(32)25-14-13-22(20-29-25)30-16-18-31(19-17-30)27(33)24-12-8-10-21-9-5-6-11-23(21)24/h5-6,8-14,20H,2-4,7,15-19H2,1H3,(H,28,32). The van der Waals surface area contributed by atoms with Crippen molar-refractivity contribution >= 4 is 28.3 Å². The van der Waals surface area contributed by atoms with E-state index >= 15 is 0 Å². The average molecular weight is 445 g/mol. The first-order valence-electron chi connectivity index (χ1n) is 11.9. The first-order valence-corrected chi connectivity index (χ1v) is 11.9. The summed E-state index contributed by atoms with van der Waals surface area (Å²) >= 11 is 0. The molecule has 0 atom stereocenters. The maximum Gasteiger partial charge on any atom is 0.269 e. The fourth-order valence-corrected chi connectivity index (χ4v) is 4.30. The van der Waals surface area contributed by atoms with Crippen LogP contribution in [0.5, 0.6) is 0 Å². The smallest absolute Gasteiger partial charge is 0.269 e. The number of benzene rings is 2. The fraction of sp³-hybridized carbons (Fsp3) is 0.370. The zero-order valence-corrected chi connectivity index (χ0v) is 19.3. The molecule has 0 spiro atoms. The Morgan fingerprint density at radius 2 is 1.70 bits per heavy atom. The SMILES string of the molecule is CCCCCCNC(=O)c1ccc(N2CCN(C(=O)c3cccc4ccccc34)CC2)cn1. The summed E-state index contributed by atoms with van der Waals surface area (Å²) in [6, 6.07) is 17.6. The van der Waals surface area contributed by atoms with Gasteiger partial charge in [0, 0.05) is 38.3 Å². The number of carbonyl (C=O) groups excluding carboxylic acids is 2. The number of fused-ring (bicyclic) bond motifs is 1. The molecule has 1 aliphatic heterocycles. The zero-order valence-electron chi connectivity index (χ0n) is 19.3. The Hall–Kier alpha value is -3.41. The molecule has 172 valence electrons. The van der Waals surface area contributed by atoms with Crippen molar-refractivity contribution in [3.05, 3.63) is 72.1 Å². The van der Waals surface area contributed by atoms with Gasteiger partial charge < -0.3 is 15.1 Å². The van der Waals surface area contributed by atoms with Gasteiger partial charge in [0.1, 0.15) is 5.69 Å². The Morgan fingerprint density at radius 1 is 0.909 bits per heavy atom. The molecule has 6 nitrogen and oxygen atoms in total. The van der Waals surface area contributed by atoms with Crippen LogP contribution in [0.2, 0.25) is 0 Å². The summed E-state index contributed by atoms with van der Waals surface area (Å²) < 4.78 is 0. The normalized spacial score (nSPS) is 13.8. The maximum atomic E-state index is 13.2. The van der Waals surface area contributed by atoms with Crippen LogP contribution >= 0.6 is 0 Å². The first kappa shape index (κ1) is 22.8. The van der Waals surface area contributed by atoms with Gasteiger partial charge in [0.15, 0.2) is 0 Å². The Bertz CT molecular complexity index is 1080. The molecule has 1 saturated heterocycles. The molecule has 2 heterocycles. The number of amides is 2. The molecule has 4 rings (SSSR count). The van der Waals surface area contributed by atoms with Crippen LogP contribution in [0.3, 0.4) is 0 Å². The molecule has 3 aromatic rings. The van der Waals surface area contributed by atoms with Crippen LogP contribution in [0.15, 0.2) is 60.8 Å². The molecule has 0 aliphatic carbocycles. The van der Waals surface area contributed by atoms with E-state index in [1.165, 1.54) is 12.8 Å². The number of carbonyl (C=O) groups is 2. The molecule has 0 radical (unpaired) electrons. The number of rotatable bonds is 8. The Labute approximate surface area is 195 Å². The van der Waals surface area contributed by atoms with Gasteiger partial charge in [0.25, 0.3) is 11.8 Å². The molecule has 2 aromatic carbocycles. The summed E-state index contributed by atoms with van der Waals surface area (Å²) in [6.07, 6.45) is 6.28. The van der Waals surface area contributed by atoms with Gasteiger partial charge in [-0.2, -0.15) is 0 Å². The Morgan fingerprint density at radius 3 is 2.45 bits per heavy atom. The molecule has 1 aromatic heterocycles. The van der Waals surface area contributed by atoms with E-state index in [-0.39, 0.29) is 11.8 Å². The maximum absolute atomic E-state index is 13.2. The Kier molecular flexibility index (Phi) is 7.55. The van der Waals surface area contributed by atoms with Crippen LogP contribution in [0, 0.1) is 0 Å². The highest BCUT2D eigenvalue weighted by Gasteiger charge is 2.23. The molecule has 33 heavy (non-hydrogen) atoms. The van der Waals surface area contributed by atoms with Gasteiger partial charge in [-0.15, -0.1) is 0 Å². The lowest BCUT2D eigenvalue weighted by Crippen LogP contribution is -2.48. The average Bonchev–Trinajstić information content (AvgIpc) is 2.88. The third-order valence-electron chi connectivity index (χ3n) is 6.25. The van der Waals surface area contributed by atoms with E-state index in [1.807, 2.05) is 53.4 Å². The van der Waals surface area contributed by atoms with Crippen molar-refractivity contribution in [3.8, 4) is 0 Å². The van der Waals surface area contributed by atoms with E-state index in [4.69, 9.17) is 0 Å². The lowest BCUT2D eigenvalue weighted by molar-refractivity contribution is 0.0748. The molecule has 6 heteroatoms. The van der Waals surface area contributed by atoms with E-state index < -0.39 is 0 Å². The molecule has 1 fully saturated rings. The lowest BCUT2D eigenvalue weighted by atomic mass is 10.0. The minimum atomic E-state index is -0.122. The van der Waals surface area contributed by atoms with Crippen molar-refractivity contribution in [2.75, 3.05) is 37.6 Å². The van der Waals surface area contributed by atoms with Crippen molar-refractivity contribution in [2.24, 2.45) is 0 Å². The molecular formula is C27H32N4O2. The largest absolute Gasteiger partial charge is 0.367 e. The molecule has 1 N–H and O–H groups in total. The highest BCUT2D eigenvalue weighted by molar-refractivity contribution is 6.07. The predicted octanol–water partition coefficient (Wildman–Crippen LogP) is 4.51. The van der Waals surface area contributed by atoms with Crippen LogP contribution in [0.25, 0.3) is 10.8 Å². The van der Waals surface area contributed by atoms with E-state index in [0.29, 0.717) is 25.3 Å². The number of nitrogens with zero attached hydrogens (tertiary/aromatic N) is 3. The van der Waals surface area contributed by atoms with Gasteiger partial charge in [0.2, 0.25) is 0 Å². The van der Waals surface area contributed by atoms with Crippen LogP contribution in [-0.4, -0.2) is 54.4 Å². The van der Waals surface area contributed by atoms with E-state index in [1.54, 1.807) is 12.3 Å². The molecule has 0 unspecified atom stereocenters. The van der Waals surface area contributed by atoms with E-state index in [9.17, 15) is 9.59 Å². The predicted molar refractivity (Wildman–Crippen MR) is 133 cm³/mol. The summed E-state index contributed by atoms with van der Waals surface area (Å²) in [5.41, 5.74) is 2.18. The van der Waals surface area contributed by atoms with Crippen LogP contribution < -0.4 is 10.2 Å². The third kappa shape index (κ3) is 5.51. The van der Waals surface area contributed by atoms with Crippen LogP contribution in [-0.2, 0) is 0 Å². The molecule has 0 saturated carbocycles. The number of anilines is 1. The van der Waals surface area contributed by atoms with Gasteiger partial charge in [0.05, 0.1) is 11.9 Å². The lowest BCUT2D eigenvalue weighted by Gasteiger charge is -2.36. The van der Waals surface area contributed by atoms with E-state index in [2.05, 4.69) is 22.1 Å². The Balaban J connectivity index is 1.31. The summed E-state index contributed by atoms with van der Waals surface area (Å²) in [5, 5.41) is 5.02. The first-order chi connectivity index (χ1) is 16.2. The topological polar surface area (TPSA) is 65.5 Å². The molecular weight excluding hydrogens is 412 g/mol. The summed E-state index contributed by atoms with van der Waals surface area (Å²) in [7, 11) is 0. The summed E-state index contributed by atoms with van der Waals surface area (Å²) in [5.74, 6) is -0.0425. The molecule has 0 bridgehead atoms. The molecule has 1 aliphatic rings. The second-order valence-corrected chi connectivity index (χ2v) is 8.52. The zero-order chi connectivity index (χ0) is 23.0. The third-order valence-corrected chi connectivity index (χ3v) is 6.25. The van der Waals surface area contributed by atoms with Crippen molar-refractivity contribution in [2.45, 2.75) is 32.6 Å². The van der Waals surface area contributed by atoms with Gasteiger partial charge in [-0.25, -0.2) is 4.98 Å². The summed E-state index contributed by atoms with van der Waals surface area (Å²) in [4.78, 5) is 34.0. The van der Waals surface area contributed by atoms with Crippen molar-refractivity contribution in [3.63, 3.8) is 0 Å². The van der Waals surface area contributed by atoms with Gasteiger partial charge in [-0.1, -0.05) is 62.6 Å². The minimum Gasteiger partial charge on any atom is -0.367 e. The highest BCUT2D eigenvalue weighted by Crippen LogP contribution is 2.22. The number of pyridine rings is 1. The number of nitrogens with one attached hydrogen (secondary N) is 1. The van der Waals surface area contributed by atoms with E-state index in [0.717, 1.165) is 48.0 Å². The fourth-order valence-electron chi connectivity index (χ4n) is 4.30. The quantitative estimate of drug-likeness (QED) is 0.519.